The minimum Gasteiger partial charge on any atom is -0.487 e. The first-order valence-corrected chi connectivity index (χ1v) is 44.5. The van der Waals surface area contributed by atoms with Crippen molar-refractivity contribution in [3.8, 4) is 5.06 Å². The average Bonchev–Trinajstić information content (AvgIpc) is 1.64. The summed E-state index contributed by atoms with van der Waals surface area (Å²) >= 11 is 44.1. The SMILES string of the molecule is COC(=O)c1cccc2c1nc(Cl)c1cc(C)sc12.COC(=O)c1cccc2c1nc(Cl)c1nc(C)sc12.COC(=O)c1cccc2c1nc(Cl)c1nc(N)oc12.COC(=O)c1cccc2c1nc(Cl)c1nc(NC(=O)OC(C)(C)C)sc12.COC(=O)c1cccc2c1nc(Cl)c1sc(OC)cc12.COC(=O)c1cccc2c1nc(Cl)c1scc(S(C)(=O)=O)c12. The number of thiophene rings is 3. The molecule has 0 saturated carbocycles. The Morgan fingerprint density at radius 2 is 0.800 bits per heavy atom. The number of fused-ring (bicyclic) bond motifs is 18. The smallest absolute Gasteiger partial charge is 0.413 e. The highest BCUT2D eigenvalue weighted by Crippen LogP contribution is 2.44. The van der Waals surface area contributed by atoms with Crippen molar-refractivity contribution in [3.63, 3.8) is 0 Å². The third-order valence-corrected chi connectivity index (χ3v) is 26.5. The van der Waals surface area contributed by atoms with Crippen LogP contribution in [0.4, 0.5) is 15.9 Å². The lowest BCUT2D eigenvalue weighted by atomic mass is 10.1. The van der Waals surface area contributed by atoms with Crippen LogP contribution >= 0.6 is 126 Å². The molecule has 18 aromatic rings. The van der Waals surface area contributed by atoms with Crippen molar-refractivity contribution in [2.24, 2.45) is 0 Å². The maximum absolute atomic E-state index is 12.0. The van der Waals surface area contributed by atoms with Gasteiger partial charge in [0.1, 0.15) is 37.6 Å². The van der Waals surface area contributed by atoms with Crippen LogP contribution < -0.4 is 15.8 Å². The Labute approximate surface area is 757 Å². The number of ether oxygens (including phenoxy) is 8. The molecule has 1 amide bonds. The summed E-state index contributed by atoms with van der Waals surface area (Å²) in [5.41, 5.74) is 11.7. The fraction of sp³-hybridized carbons (Fsp3) is 0.167. The van der Waals surface area contributed by atoms with E-state index in [9.17, 15) is 42.0 Å². The van der Waals surface area contributed by atoms with E-state index in [1.54, 1.807) is 118 Å². The molecule has 0 fully saturated rings. The zero-order valence-electron chi connectivity index (χ0n) is 67.3. The minimum absolute atomic E-state index is 0.00493. The third kappa shape index (κ3) is 18.7. The molecular formula is C84H63Cl6N11O18S6. The van der Waals surface area contributed by atoms with Crippen LogP contribution in [0.5, 0.6) is 5.06 Å². The number of aromatic nitrogens is 9. The number of benzene rings is 6. The zero-order chi connectivity index (χ0) is 90.1. The number of halogens is 6. The fourth-order valence-electron chi connectivity index (χ4n) is 12.9. The molecule has 640 valence electrons. The Balaban J connectivity index is 0.000000129. The number of nitrogens with two attached hydrogens (primary N) is 1. The predicted octanol–water partition coefficient (Wildman–Crippen LogP) is 22.0. The summed E-state index contributed by atoms with van der Waals surface area (Å²) in [6.45, 7) is 9.25. The molecule has 0 aliphatic heterocycles. The predicted molar refractivity (Wildman–Crippen MR) is 492 cm³/mol. The van der Waals surface area contributed by atoms with Gasteiger partial charge < -0.3 is 48.0 Å². The second-order valence-electron chi connectivity index (χ2n) is 27.2. The molecule has 0 aliphatic rings. The second kappa shape index (κ2) is 37.6. The van der Waals surface area contributed by atoms with Crippen molar-refractivity contribution in [2.45, 2.75) is 45.1 Å². The molecule has 0 aliphatic carbocycles. The first-order chi connectivity index (χ1) is 59.5. The summed E-state index contributed by atoms with van der Waals surface area (Å²) < 4.78 is 72.5. The van der Waals surface area contributed by atoms with E-state index in [1.807, 2.05) is 56.3 Å². The van der Waals surface area contributed by atoms with Gasteiger partial charge in [-0.25, -0.2) is 81.9 Å². The number of carbonyl (C=O) groups excluding carboxylic acids is 7. The van der Waals surface area contributed by atoms with Crippen LogP contribution in [0.2, 0.25) is 30.9 Å². The number of oxazole rings is 1. The number of carbonyl (C=O) groups is 7. The van der Waals surface area contributed by atoms with Gasteiger partial charge in [-0.3, -0.25) is 5.32 Å². The number of sulfone groups is 1. The Morgan fingerprint density at radius 1 is 0.408 bits per heavy atom. The second-order valence-corrected chi connectivity index (χ2v) is 36.7. The lowest BCUT2D eigenvalue weighted by molar-refractivity contribution is 0.0594. The van der Waals surface area contributed by atoms with Crippen LogP contribution in [0.15, 0.2) is 136 Å². The topological polar surface area (TPSA) is 395 Å². The van der Waals surface area contributed by atoms with Crippen molar-refractivity contribution < 1.29 is 84.3 Å². The number of aryl methyl sites for hydroxylation is 2. The van der Waals surface area contributed by atoms with Gasteiger partial charge in [-0.2, -0.15) is 4.98 Å². The van der Waals surface area contributed by atoms with Crippen molar-refractivity contribution >= 4 is 316 Å². The Bertz CT molecular complexity index is 7280. The molecule has 41 heteroatoms. The Kier molecular flexibility index (Phi) is 27.4. The number of pyridine rings is 6. The van der Waals surface area contributed by atoms with Gasteiger partial charge in [-0.15, -0.1) is 34.0 Å². The van der Waals surface area contributed by atoms with E-state index in [2.05, 4.69) is 50.2 Å². The van der Waals surface area contributed by atoms with Crippen molar-refractivity contribution in [3.05, 3.63) is 201 Å². The molecule has 125 heavy (non-hydrogen) atoms. The van der Waals surface area contributed by atoms with E-state index in [4.69, 9.17) is 118 Å². The van der Waals surface area contributed by atoms with E-state index in [1.165, 1.54) is 93.4 Å². The molecule has 0 atom stereocenters. The number of esters is 6. The monoisotopic (exact) mass is 1920 g/mol. The Morgan fingerprint density at radius 3 is 1.26 bits per heavy atom. The van der Waals surface area contributed by atoms with E-state index in [-0.39, 0.29) is 31.9 Å². The molecule has 0 spiro atoms. The summed E-state index contributed by atoms with van der Waals surface area (Å²) in [5.74, 6) is -2.81. The summed E-state index contributed by atoms with van der Waals surface area (Å²) in [6.07, 6.45) is 0.527. The maximum Gasteiger partial charge on any atom is 0.413 e. The van der Waals surface area contributed by atoms with E-state index in [0.29, 0.717) is 135 Å². The molecule has 29 nitrogen and oxygen atoms in total. The lowest BCUT2D eigenvalue weighted by Crippen LogP contribution is -2.27. The number of nitrogens with zero attached hydrogens (tertiary/aromatic N) is 9. The Hall–Kier alpha value is -11.7. The molecule has 12 heterocycles. The number of nitrogens with one attached hydrogen (secondary N) is 1. The molecule has 12 aromatic heterocycles. The first-order valence-electron chi connectivity index (χ1n) is 36.2. The number of methoxy groups -OCH3 is 7. The van der Waals surface area contributed by atoms with Gasteiger partial charge in [0.2, 0.25) is 0 Å². The van der Waals surface area contributed by atoms with Gasteiger partial charge in [0.25, 0.3) is 6.01 Å². The highest BCUT2D eigenvalue weighted by Gasteiger charge is 2.27. The van der Waals surface area contributed by atoms with Gasteiger partial charge in [-0.1, -0.05) is 159 Å². The average molecular weight is 1920 g/mol. The highest BCUT2D eigenvalue weighted by atomic mass is 35.5. The van der Waals surface area contributed by atoms with Crippen molar-refractivity contribution in [1.29, 1.82) is 0 Å². The van der Waals surface area contributed by atoms with Crippen molar-refractivity contribution in [1.82, 2.24) is 44.9 Å². The molecule has 3 N–H and O–H groups in total. The van der Waals surface area contributed by atoms with Crippen LogP contribution in [0.25, 0.3) is 127 Å². The van der Waals surface area contributed by atoms with Crippen LogP contribution in [0.1, 0.15) is 92.8 Å². The number of hydrogen-bond donors (Lipinski definition) is 2. The van der Waals surface area contributed by atoms with Crippen LogP contribution in [-0.2, 0) is 43.0 Å². The van der Waals surface area contributed by atoms with E-state index in [0.717, 1.165) is 62.2 Å². The number of hydrogen-bond acceptors (Lipinski definition) is 33. The van der Waals surface area contributed by atoms with Gasteiger partial charge in [-0.05, 0) is 83.1 Å². The number of anilines is 2. The fourth-order valence-corrected chi connectivity index (χ4v) is 20.7. The molecule has 0 unspecified atom stereocenters. The molecule has 18 rings (SSSR count). The van der Waals surface area contributed by atoms with Gasteiger partial charge in [0.05, 0.1) is 145 Å². The van der Waals surface area contributed by atoms with Gasteiger partial charge in [0.15, 0.2) is 41.1 Å². The van der Waals surface area contributed by atoms with Crippen LogP contribution in [0.3, 0.4) is 0 Å². The summed E-state index contributed by atoms with van der Waals surface area (Å²) in [7, 11) is 6.10. The molecule has 0 saturated heterocycles. The number of rotatable bonds is 9. The number of nitrogen functional groups attached to an aromatic ring is 1. The van der Waals surface area contributed by atoms with Crippen molar-refractivity contribution in [2.75, 3.05) is 67.1 Å². The lowest BCUT2D eigenvalue weighted by Gasteiger charge is -2.18. The molecule has 6 aromatic carbocycles. The highest BCUT2D eigenvalue weighted by molar-refractivity contribution is 7.91. The summed E-state index contributed by atoms with van der Waals surface area (Å²) in [4.78, 5) is 123. The normalized spacial score (nSPS) is 11.3. The zero-order valence-corrected chi connectivity index (χ0v) is 76.7. The maximum atomic E-state index is 12.0. The van der Waals surface area contributed by atoms with Crippen LogP contribution in [0, 0.1) is 13.8 Å². The third-order valence-electron chi connectivity index (χ3n) is 18.2. The number of thiazole rings is 2. The molecule has 0 radical (unpaired) electrons. The standard InChI is InChI=1S/C17H16ClN3O4S.C14H10ClNO4S2.C14H10ClNO3S.C14H10ClNO2S.C13H9ClN2O2S.C12H8ClN3O3/c1-17(2,3)25-16(23)21-15-20-11-12(26-15)8-6-5-7-9(14(22)24-4)10(8)19-13(11)18;1-20-14(17)8-5-3-4-7-10-9(22(2,18)19)6-21-12(10)13(15)16-11(7)8;1-18-10-6-9-7-4-3-5-8(14(17)19-2)11(7)16-13(15)12(9)20-10;1-7-6-10-12(19-7)8-4-3-5-9(14(17)18-2)11(8)16-13(10)15;1-6-15-10-11(19-6)7-4-3-5-8(13(17)18-2)9(7)16-12(10)14;1-18-11(17)6-4-2-3-5-7(6)15-10(13)8-9(5)19-12(14)16-8/h5-7H,1-4H3,(H,20,21,23);3-6H,1-2H3;3-6H,1-2H3;3-6H,1-2H3;3-5H,1-2H3;2-4H,1H3,(H2,14,16). The molecule has 0 bridgehead atoms. The van der Waals surface area contributed by atoms with Gasteiger partial charge >= 0.3 is 41.9 Å². The number of para-hydroxylation sites is 6. The summed E-state index contributed by atoms with van der Waals surface area (Å²) in [6, 6.07) is 35.3. The van der Waals surface area contributed by atoms with Crippen LogP contribution in [-0.4, -0.2) is 157 Å². The minimum atomic E-state index is -3.43. The molecular weight excluding hydrogens is 1860 g/mol. The first kappa shape index (κ1) is 91.0. The van der Waals surface area contributed by atoms with Gasteiger partial charge in [0, 0.05) is 75.8 Å². The quantitative estimate of drug-likeness (QED) is 0.0770. The number of amides is 1. The largest absolute Gasteiger partial charge is 0.487 e. The summed E-state index contributed by atoms with van der Waals surface area (Å²) in [5, 5.41) is 14.5. The van der Waals surface area contributed by atoms with E-state index >= 15 is 0 Å². The van der Waals surface area contributed by atoms with E-state index < -0.39 is 57.3 Å².